The van der Waals surface area contributed by atoms with Gasteiger partial charge in [0.05, 0.1) is 30.6 Å². The Labute approximate surface area is 148 Å². The van der Waals surface area contributed by atoms with E-state index in [0.29, 0.717) is 30.1 Å². The molecular formula is C19H16N4O3. The minimum Gasteiger partial charge on any atom is -0.491 e. The second-order valence-electron chi connectivity index (χ2n) is 6.11. The quantitative estimate of drug-likeness (QED) is 0.615. The molecule has 0 bridgehead atoms. The number of rotatable bonds is 3. The molecule has 1 aliphatic rings. The summed E-state index contributed by atoms with van der Waals surface area (Å²) < 4.78 is 12.9. The molecule has 3 aromatic heterocycles. The largest absolute Gasteiger partial charge is 0.491 e. The maximum Gasteiger partial charge on any atom is 0.332 e. The molecule has 0 atom stereocenters. The van der Waals surface area contributed by atoms with Crippen LogP contribution in [0.25, 0.3) is 27.8 Å². The Kier molecular flexibility index (Phi) is 3.21. The summed E-state index contributed by atoms with van der Waals surface area (Å²) in [5, 5.41) is 1.00. The topological polar surface area (TPSA) is 82.0 Å². The van der Waals surface area contributed by atoms with Crippen LogP contribution in [0.2, 0.25) is 0 Å². The van der Waals surface area contributed by atoms with Crippen LogP contribution in [0.3, 0.4) is 0 Å². The van der Waals surface area contributed by atoms with E-state index in [4.69, 9.17) is 9.47 Å². The van der Waals surface area contributed by atoms with Crippen LogP contribution in [0.15, 0.2) is 41.5 Å². The van der Waals surface area contributed by atoms with Crippen LogP contribution in [0.4, 0.5) is 0 Å². The number of ether oxygens (including phenoxy) is 2. The molecule has 5 rings (SSSR count). The molecule has 26 heavy (non-hydrogen) atoms. The van der Waals surface area contributed by atoms with Crippen molar-refractivity contribution >= 4 is 22.1 Å². The Balaban J connectivity index is 1.80. The van der Waals surface area contributed by atoms with Crippen LogP contribution in [-0.4, -0.2) is 32.7 Å². The Morgan fingerprint density at radius 3 is 3.12 bits per heavy atom. The zero-order valence-corrected chi connectivity index (χ0v) is 14.2. The monoisotopic (exact) mass is 348 g/mol. The van der Waals surface area contributed by atoms with E-state index in [9.17, 15) is 4.79 Å². The average Bonchev–Trinajstić information content (AvgIpc) is 3.25. The van der Waals surface area contributed by atoms with Gasteiger partial charge in [-0.2, -0.15) is 0 Å². The third kappa shape index (κ3) is 2.10. The summed E-state index contributed by atoms with van der Waals surface area (Å²) in [7, 11) is 0. The van der Waals surface area contributed by atoms with Crippen molar-refractivity contribution in [2.45, 2.75) is 13.3 Å². The molecule has 7 nitrogen and oxygen atoms in total. The number of fused-ring (bicyclic) bond motifs is 4. The maximum absolute atomic E-state index is 12.6. The van der Waals surface area contributed by atoms with E-state index in [2.05, 4.69) is 15.0 Å². The molecule has 0 amide bonds. The first-order chi connectivity index (χ1) is 12.8. The van der Waals surface area contributed by atoms with Crippen molar-refractivity contribution in [3.05, 3.63) is 52.7 Å². The summed E-state index contributed by atoms with van der Waals surface area (Å²) in [6.07, 6.45) is 4.23. The average molecular weight is 348 g/mol. The van der Waals surface area contributed by atoms with E-state index in [1.807, 2.05) is 25.1 Å². The second-order valence-corrected chi connectivity index (χ2v) is 6.11. The van der Waals surface area contributed by atoms with Crippen LogP contribution in [0.5, 0.6) is 11.5 Å². The Hall–Kier alpha value is -3.35. The first kappa shape index (κ1) is 14.9. The summed E-state index contributed by atoms with van der Waals surface area (Å²) in [6, 6.07) is 7.55. The zero-order chi connectivity index (χ0) is 17.7. The van der Waals surface area contributed by atoms with Crippen molar-refractivity contribution in [3.8, 4) is 17.2 Å². The van der Waals surface area contributed by atoms with Gasteiger partial charge in [0.1, 0.15) is 17.0 Å². The molecule has 0 saturated heterocycles. The van der Waals surface area contributed by atoms with Gasteiger partial charge in [0, 0.05) is 29.6 Å². The van der Waals surface area contributed by atoms with Crippen molar-refractivity contribution in [2.75, 3.05) is 13.2 Å². The van der Waals surface area contributed by atoms with E-state index < -0.39 is 0 Å². The summed E-state index contributed by atoms with van der Waals surface area (Å²) in [5.74, 6) is 1.44. The van der Waals surface area contributed by atoms with E-state index in [1.54, 1.807) is 23.0 Å². The highest BCUT2D eigenvalue weighted by Gasteiger charge is 2.19. The molecule has 1 aliphatic heterocycles. The van der Waals surface area contributed by atoms with Crippen LogP contribution >= 0.6 is 0 Å². The van der Waals surface area contributed by atoms with Crippen molar-refractivity contribution < 1.29 is 9.47 Å². The Morgan fingerprint density at radius 2 is 2.23 bits per heavy atom. The van der Waals surface area contributed by atoms with Crippen LogP contribution in [-0.2, 0) is 6.42 Å². The van der Waals surface area contributed by atoms with E-state index in [0.717, 1.165) is 34.3 Å². The number of nitrogens with zero attached hydrogens (tertiary/aromatic N) is 3. The summed E-state index contributed by atoms with van der Waals surface area (Å²) in [4.78, 5) is 24.1. The van der Waals surface area contributed by atoms with Gasteiger partial charge in [0.15, 0.2) is 5.65 Å². The molecule has 1 aromatic carbocycles. The number of benzene rings is 1. The van der Waals surface area contributed by atoms with E-state index >= 15 is 0 Å². The summed E-state index contributed by atoms with van der Waals surface area (Å²) in [6.45, 7) is 3.07. The lowest BCUT2D eigenvalue weighted by Crippen LogP contribution is -2.15. The smallest absolute Gasteiger partial charge is 0.332 e. The van der Waals surface area contributed by atoms with Gasteiger partial charge in [0.2, 0.25) is 0 Å². The lowest BCUT2D eigenvalue weighted by Gasteiger charge is -2.10. The third-order valence-corrected chi connectivity index (χ3v) is 4.63. The first-order valence-corrected chi connectivity index (χ1v) is 8.53. The minimum atomic E-state index is -0.254. The Bertz CT molecular complexity index is 1210. The highest BCUT2D eigenvalue weighted by Crippen LogP contribution is 2.33. The number of aromatic amines is 1. The SMILES string of the molecule is CCOc1ccnc2[nH]c(=O)n(-c3ccc4ncc5c(c4c3)CCO5)c12. The maximum atomic E-state index is 12.6. The normalized spacial score (nSPS) is 13.1. The molecule has 4 heterocycles. The lowest BCUT2D eigenvalue weighted by atomic mass is 10.1. The highest BCUT2D eigenvalue weighted by molar-refractivity contribution is 5.88. The van der Waals surface area contributed by atoms with Crippen LogP contribution < -0.4 is 15.2 Å². The molecule has 4 aromatic rings. The molecular weight excluding hydrogens is 332 g/mol. The van der Waals surface area contributed by atoms with Gasteiger partial charge < -0.3 is 9.47 Å². The number of aromatic nitrogens is 4. The fraction of sp³-hybridized carbons (Fsp3) is 0.211. The number of hydrogen-bond donors (Lipinski definition) is 1. The van der Waals surface area contributed by atoms with Gasteiger partial charge in [-0.3, -0.25) is 14.5 Å². The van der Waals surface area contributed by atoms with Gasteiger partial charge in [-0.25, -0.2) is 9.78 Å². The fourth-order valence-electron chi connectivity index (χ4n) is 3.52. The molecule has 1 N–H and O–H groups in total. The molecule has 0 saturated carbocycles. The van der Waals surface area contributed by atoms with E-state index in [1.165, 1.54) is 0 Å². The summed E-state index contributed by atoms with van der Waals surface area (Å²) in [5.41, 5.74) is 3.64. The van der Waals surface area contributed by atoms with Crippen molar-refractivity contribution in [2.24, 2.45) is 0 Å². The highest BCUT2D eigenvalue weighted by atomic mass is 16.5. The van der Waals surface area contributed by atoms with Gasteiger partial charge in [-0.05, 0) is 25.1 Å². The molecule has 0 radical (unpaired) electrons. The fourth-order valence-corrected chi connectivity index (χ4v) is 3.52. The number of imidazole rings is 1. The molecule has 0 aliphatic carbocycles. The molecule has 0 fully saturated rings. The predicted molar refractivity (Wildman–Crippen MR) is 97.4 cm³/mol. The summed E-state index contributed by atoms with van der Waals surface area (Å²) >= 11 is 0. The zero-order valence-electron chi connectivity index (χ0n) is 14.2. The molecule has 7 heteroatoms. The van der Waals surface area contributed by atoms with Crippen molar-refractivity contribution in [1.82, 2.24) is 19.5 Å². The standard InChI is InChI=1S/C19H16N4O3/c1-2-25-15-5-7-20-18-17(15)23(19(24)22-18)11-3-4-14-13(9-11)12-6-8-26-16(12)10-21-14/h3-5,7,9-10H,2,6,8H2,1H3,(H,20,22,24). The van der Waals surface area contributed by atoms with Crippen molar-refractivity contribution in [3.63, 3.8) is 0 Å². The Morgan fingerprint density at radius 1 is 1.31 bits per heavy atom. The predicted octanol–water partition coefficient (Wildman–Crippen LogP) is 2.60. The first-order valence-electron chi connectivity index (χ1n) is 8.53. The number of hydrogen-bond acceptors (Lipinski definition) is 5. The minimum absolute atomic E-state index is 0.254. The molecule has 0 unspecified atom stereocenters. The van der Waals surface area contributed by atoms with Gasteiger partial charge in [-0.15, -0.1) is 0 Å². The van der Waals surface area contributed by atoms with Crippen LogP contribution in [0, 0.1) is 0 Å². The molecule has 0 spiro atoms. The van der Waals surface area contributed by atoms with Gasteiger partial charge >= 0.3 is 5.69 Å². The van der Waals surface area contributed by atoms with Gasteiger partial charge in [-0.1, -0.05) is 0 Å². The lowest BCUT2D eigenvalue weighted by molar-refractivity contribution is 0.343. The number of H-pyrrole nitrogens is 1. The second kappa shape index (κ2) is 5.59. The van der Waals surface area contributed by atoms with Crippen LogP contribution in [0.1, 0.15) is 12.5 Å². The van der Waals surface area contributed by atoms with E-state index in [-0.39, 0.29) is 5.69 Å². The number of pyridine rings is 2. The molecule has 130 valence electrons. The van der Waals surface area contributed by atoms with Gasteiger partial charge in [0.25, 0.3) is 0 Å². The number of nitrogens with one attached hydrogen (secondary N) is 1. The third-order valence-electron chi connectivity index (χ3n) is 4.63. The van der Waals surface area contributed by atoms with Crippen molar-refractivity contribution in [1.29, 1.82) is 0 Å².